The molecule has 0 amide bonds. The first-order chi connectivity index (χ1) is 8.60. The van der Waals surface area contributed by atoms with Gasteiger partial charge in [-0.05, 0) is 20.3 Å². The van der Waals surface area contributed by atoms with Crippen LogP contribution in [0.4, 0.5) is 5.82 Å². The third-order valence-electron chi connectivity index (χ3n) is 2.96. The minimum atomic E-state index is 0.771. The van der Waals surface area contributed by atoms with Crippen molar-refractivity contribution >= 4 is 5.82 Å². The lowest BCUT2D eigenvalue weighted by Gasteiger charge is -2.02. The Labute approximate surface area is 108 Å². The molecular formula is C13H21N5. The molecule has 1 N–H and O–H groups in total. The van der Waals surface area contributed by atoms with Crippen molar-refractivity contribution in [2.75, 3.05) is 5.32 Å². The summed E-state index contributed by atoms with van der Waals surface area (Å²) in [5.41, 5.74) is 3.48. The standard InChI is InChI=1S/C13H21N5/c1-5-6-18-9-12(11(3)15-18)7-14-13-10(2)8-17(4)16-13/h8-9H,5-7H2,1-4H3,(H,14,16). The van der Waals surface area contributed by atoms with Crippen LogP contribution in [0.25, 0.3) is 0 Å². The van der Waals surface area contributed by atoms with Crippen LogP contribution in [-0.2, 0) is 20.1 Å². The Balaban J connectivity index is 2.03. The Morgan fingerprint density at radius 1 is 1.22 bits per heavy atom. The molecule has 2 heterocycles. The molecule has 0 fully saturated rings. The van der Waals surface area contributed by atoms with Gasteiger partial charge < -0.3 is 5.32 Å². The predicted molar refractivity (Wildman–Crippen MR) is 72.5 cm³/mol. The Hall–Kier alpha value is -1.78. The minimum Gasteiger partial charge on any atom is -0.364 e. The number of nitrogens with zero attached hydrogens (tertiary/aromatic N) is 4. The molecule has 5 nitrogen and oxygen atoms in total. The first-order valence-corrected chi connectivity index (χ1v) is 6.37. The van der Waals surface area contributed by atoms with Gasteiger partial charge in [-0.1, -0.05) is 6.92 Å². The van der Waals surface area contributed by atoms with Crippen LogP contribution >= 0.6 is 0 Å². The number of aromatic nitrogens is 4. The fourth-order valence-electron chi connectivity index (χ4n) is 2.04. The molecular weight excluding hydrogens is 226 g/mol. The van der Waals surface area contributed by atoms with Gasteiger partial charge >= 0.3 is 0 Å². The smallest absolute Gasteiger partial charge is 0.151 e. The van der Waals surface area contributed by atoms with E-state index in [9.17, 15) is 0 Å². The van der Waals surface area contributed by atoms with Crippen LogP contribution < -0.4 is 5.32 Å². The van der Waals surface area contributed by atoms with E-state index in [0.717, 1.165) is 36.6 Å². The second kappa shape index (κ2) is 5.25. The first kappa shape index (κ1) is 12.7. The highest BCUT2D eigenvalue weighted by molar-refractivity contribution is 5.42. The summed E-state index contributed by atoms with van der Waals surface area (Å²) in [6.07, 6.45) is 5.23. The SMILES string of the molecule is CCCn1cc(CNc2nn(C)cc2C)c(C)n1. The van der Waals surface area contributed by atoms with Crippen LogP contribution in [0.3, 0.4) is 0 Å². The second-order valence-corrected chi connectivity index (χ2v) is 4.69. The third kappa shape index (κ3) is 2.72. The highest BCUT2D eigenvalue weighted by Gasteiger charge is 2.07. The Morgan fingerprint density at radius 3 is 2.61 bits per heavy atom. The maximum absolute atomic E-state index is 4.49. The van der Waals surface area contributed by atoms with Crippen molar-refractivity contribution in [1.82, 2.24) is 19.6 Å². The molecule has 0 bridgehead atoms. The van der Waals surface area contributed by atoms with Crippen molar-refractivity contribution < 1.29 is 0 Å². The van der Waals surface area contributed by atoms with Crippen molar-refractivity contribution in [2.24, 2.45) is 7.05 Å². The summed E-state index contributed by atoms with van der Waals surface area (Å²) in [7, 11) is 1.93. The van der Waals surface area contributed by atoms with Crippen LogP contribution in [-0.4, -0.2) is 19.6 Å². The largest absolute Gasteiger partial charge is 0.364 e. The van der Waals surface area contributed by atoms with Crippen LogP contribution in [0.1, 0.15) is 30.2 Å². The van der Waals surface area contributed by atoms with Gasteiger partial charge in [0, 0.05) is 43.7 Å². The molecule has 98 valence electrons. The van der Waals surface area contributed by atoms with Gasteiger partial charge in [0.25, 0.3) is 0 Å². The number of anilines is 1. The number of nitrogens with one attached hydrogen (secondary N) is 1. The van der Waals surface area contributed by atoms with E-state index in [1.165, 1.54) is 5.56 Å². The van der Waals surface area contributed by atoms with E-state index >= 15 is 0 Å². The van der Waals surface area contributed by atoms with Gasteiger partial charge in [-0.25, -0.2) is 0 Å². The van der Waals surface area contributed by atoms with Crippen LogP contribution in [0, 0.1) is 13.8 Å². The van der Waals surface area contributed by atoms with Gasteiger partial charge in [0.2, 0.25) is 0 Å². The number of aryl methyl sites for hydroxylation is 4. The van der Waals surface area contributed by atoms with Gasteiger partial charge in [0.1, 0.15) is 0 Å². The molecule has 2 rings (SSSR count). The average molecular weight is 247 g/mol. The zero-order chi connectivity index (χ0) is 13.1. The zero-order valence-electron chi connectivity index (χ0n) is 11.6. The molecule has 2 aromatic rings. The minimum absolute atomic E-state index is 0.771. The van der Waals surface area contributed by atoms with Crippen LogP contribution in [0.15, 0.2) is 12.4 Å². The summed E-state index contributed by atoms with van der Waals surface area (Å²) in [6, 6.07) is 0. The van der Waals surface area contributed by atoms with E-state index in [2.05, 4.69) is 42.5 Å². The predicted octanol–water partition coefficient (Wildman–Crippen LogP) is 2.26. The molecule has 0 aromatic carbocycles. The maximum atomic E-state index is 4.49. The normalized spacial score (nSPS) is 10.9. The Bertz CT molecular complexity index is 523. The molecule has 18 heavy (non-hydrogen) atoms. The maximum Gasteiger partial charge on any atom is 0.151 e. The second-order valence-electron chi connectivity index (χ2n) is 4.69. The lowest BCUT2D eigenvalue weighted by Crippen LogP contribution is -2.02. The molecule has 0 radical (unpaired) electrons. The van der Waals surface area contributed by atoms with Gasteiger partial charge in [0.15, 0.2) is 5.82 Å². The molecule has 0 saturated carbocycles. The van der Waals surface area contributed by atoms with Crippen LogP contribution in [0.5, 0.6) is 0 Å². The average Bonchev–Trinajstić information content (AvgIpc) is 2.80. The summed E-state index contributed by atoms with van der Waals surface area (Å²) >= 11 is 0. The zero-order valence-corrected chi connectivity index (χ0v) is 11.6. The molecule has 2 aromatic heterocycles. The van der Waals surface area contributed by atoms with Gasteiger partial charge in [-0.15, -0.1) is 0 Å². The molecule has 0 spiro atoms. The summed E-state index contributed by atoms with van der Waals surface area (Å²) in [5.74, 6) is 0.945. The first-order valence-electron chi connectivity index (χ1n) is 6.37. The summed E-state index contributed by atoms with van der Waals surface area (Å²) < 4.78 is 3.84. The lowest BCUT2D eigenvalue weighted by molar-refractivity contribution is 0.598. The molecule has 0 aliphatic rings. The van der Waals surface area contributed by atoms with Crippen molar-refractivity contribution in [3.63, 3.8) is 0 Å². The number of hydrogen-bond acceptors (Lipinski definition) is 3. The topological polar surface area (TPSA) is 47.7 Å². The number of hydrogen-bond donors (Lipinski definition) is 1. The van der Waals surface area contributed by atoms with E-state index < -0.39 is 0 Å². The molecule has 0 saturated heterocycles. The summed E-state index contributed by atoms with van der Waals surface area (Å²) in [4.78, 5) is 0. The molecule has 0 atom stereocenters. The fourth-order valence-corrected chi connectivity index (χ4v) is 2.04. The quantitative estimate of drug-likeness (QED) is 0.881. The summed E-state index contributed by atoms with van der Waals surface area (Å²) in [6.45, 7) is 8.01. The monoisotopic (exact) mass is 247 g/mol. The van der Waals surface area contributed by atoms with E-state index in [4.69, 9.17) is 0 Å². The van der Waals surface area contributed by atoms with Crippen LogP contribution in [0.2, 0.25) is 0 Å². The van der Waals surface area contributed by atoms with Gasteiger partial charge in [-0.2, -0.15) is 10.2 Å². The van der Waals surface area contributed by atoms with Crippen molar-refractivity contribution in [3.8, 4) is 0 Å². The van der Waals surface area contributed by atoms with E-state index in [1.807, 2.05) is 22.6 Å². The fraction of sp³-hybridized carbons (Fsp3) is 0.538. The molecule has 0 aliphatic heterocycles. The highest BCUT2D eigenvalue weighted by Crippen LogP contribution is 2.13. The molecule has 5 heteroatoms. The molecule has 0 unspecified atom stereocenters. The summed E-state index contributed by atoms with van der Waals surface area (Å²) in [5, 5.41) is 12.2. The number of rotatable bonds is 5. The van der Waals surface area contributed by atoms with Gasteiger partial charge in [-0.3, -0.25) is 9.36 Å². The van der Waals surface area contributed by atoms with E-state index in [1.54, 1.807) is 0 Å². The van der Waals surface area contributed by atoms with Crippen molar-refractivity contribution in [2.45, 2.75) is 40.3 Å². The van der Waals surface area contributed by atoms with Gasteiger partial charge in [0.05, 0.1) is 5.69 Å². The lowest BCUT2D eigenvalue weighted by atomic mass is 10.2. The Kier molecular flexibility index (Phi) is 3.69. The van der Waals surface area contributed by atoms with E-state index in [-0.39, 0.29) is 0 Å². The van der Waals surface area contributed by atoms with E-state index in [0.29, 0.717) is 0 Å². The third-order valence-corrected chi connectivity index (χ3v) is 2.96. The Morgan fingerprint density at radius 2 is 2.00 bits per heavy atom. The highest BCUT2D eigenvalue weighted by atomic mass is 15.3. The van der Waals surface area contributed by atoms with Crippen molar-refractivity contribution in [3.05, 3.63) is 29.2 Å². The van der Waals surface area contributed by atoms with Crippen molar-refractivity contribution in [1.29, 1.82) is 0 Å². The molecule has 0 aliphatic carbocycles.